The number of hydrogen-bond acceptors (Lipinski definition) is 2. The number of ether oxygens (including phenoxy) is 1. The summed E-state index contributed by atoms with van der Waals surface area (Å²) in [5.41, 5.74) is 2.12. The van der Waals surface area contributed by atoms with Crippen molar-refractivity contribution in [2.75, 3.05) is 0 Å². The molecule has 1 rings (SSSR count). The average molecular weight is 236 g/mol. The molecule has 0 unspecified atom stereocenters. The Morgan fingerprint density at radius 2 is 2.06 bits per heavy atom. The first kappa shape index (κ1) is 13.6. The predicted molar refractivity (Wildman–Crippen MR) is 67.6 cm³/mol. The highest BCUT2D eigenvalue weighted by molar-refractivity contribution is 5.72. The molecule has 0 saturated carbocycles. The Hall–Kier alpha value is -1.51. The minimum absolute atomic E-state index is 0.317. The van der Waals surface area contributed by atoms with Gasteiger partial charge in [0, 0.05) is 0 Å². The molecule has 3 heteroatoms. The van der Waals surface area contributed by atoms with Gasteiger partial charge in [0.05, 0.1) is 0 Å². The normalized spacial score (nSPS) is 12.5. The lowest BCUT2D eigenvalue weighted by Gasteiger charge is -2.18. The molecule has 3 nitrogen and oxygen atoms in total. The number of carboxylic acid groups (broad SMARTS) is 1. The van der Waals surface area contributed by atoms with E-state index < -0.39 is 12.1 Å². The van der Waals surface area contributed by atoms with E-state index in [-0.39, 0.29) is 0 Å². The van der Waals surface area contributed by atoms with Crippen LogP contribution >= 0.6 is 0 Å². The van der Waals surface area contributed by atoms with Crippen LogP contribution in [0.25, 0.3) is 0 Å². The molecule has 0 aliphatic rings. The topological polar surface area (TPSA) is 46.5 Å². The maximum absolute atomic E-state index is 11.0. The Bertz CT molecular complexity index is 396. The summed E-state index contributed by atoms with van der Waals surface area (Å²) in [5, 5.41) is 9.01. The van der Waals surface area contributed by atoms with Crippen LogP contribution in [-0.4, -0.2) is 17.2 Å². The fourth-order valence-corrected chi connectivity index (χ4v) is 1.68. The fourth-order valence-electron chi connectivity index (χ4n) is 1.68. The summed E-state index contributed by atoms with van der Waals surface area (Å²) < 4.78 is 5.60. The summed E-state index contributed by atoms with van der Waals surface area (Å²) in [5.74, 6) is 0.0925. The van der Waals surface area contributed by atoms with Crippen LogP contribution in [-0.2, 0) is 4.79 Å². The maximum Gasteiger partial charge on any atom is 0.344 e. The first-order valence-electron chi connectivity index (χ1n) is 5.95. The second-order valence-electron chi connectivity index (χ2n) is 4.55. The summed E-state index contributed by atoms with van der Waals surface area (Å²) in [6, 6.07) is 5.93. The zero-order valence-corrected chi connectivity index (χ0v) is 10.9. The van der Waals surface area contributed by atoms with E-state index in [2.05, 4.69) is 13.8 Å². The Labute approximate surface area is 102 Å². The summed E-state index contributed by atoms with van der Waals surface area (Å²) >= 11 is 0. The number of aliphatic carboxylic acids is 1. The van der Waals surface area contributed by atoms with Crippen molar-refractivity contribution in [3.8, 4) is 5.75 Å². The molecule has 0 aliphatic heterocycles. The zero-order valence-electron chi connectivity index (χ0n) is 10.9. The lowest BCUT2D eigenvalue weighted by Crippen LogP contribution is -2.26. The second kappa shape index (κ2) is 5.71. The van der Waals surface area contributed by atoms with Crippen molar-refractivity contribution in [1.29, 1.82) is 0 Å². The van der Waals surface area contributed by atoms with E-state index in [1.54, 1.807) is 0 Å². The third-order valence-electron chi connectivity index (χ3n) is 2.71. The Morgan fingerprint density at radius 3 is 2.53 bits per heavy atom. The molecule has 1 aromatic carbocycles. The first-order chi connectivity index (χ1) is 7.95. The van der Waals surface area contributed by atoms with E-state index in [9.17, 15) is 4.79 Å². The van der Waals surface area contributed by atoms with E-state index in [1.165, 1.54) is 0 Å². The molecule has 0 spiro atoms. The van der Waals surface area contributed by atoms with Crippen molar-refractivity contribution in [1.82, 2.24) is 0 Å². The van der Waals surface area contributed by atoms with E-state index in [1.807, 2.05) is 32.0 Å². The molecule has 0 aromatic heterocycles. The van der Waals surface area contributed by atoms with Gasteiger partial charge in [-0.1, -0.05) is 32.9 Å². The van der Waals surface area contributed by atoms with Crippen LogP contribution < -0.4 is 4.74 Å². The lowest BCUT2D eigenvalue weighted by molar-refractivity contribution is -0.145. The Morgan fingerprint density at radius 1 is 1.41 bits per heavy atom. The SMILES string of the molecule is CC[C@H](Oc1cc(C)ccc1C(C)C)C(=O)O. The van der Waals surface area contributed by atoms with Gasteiger partial charge in [-0.2, -0.15) is 0 Å². The number of rotatable bonds is 5. The van der Waals surface area contributed by atoms with Crippen LogP contribution in [0.2, 0.25) is 0 Å². The Kier molecular flexibility index (Phi) is 4.55. The van der Waals surface area contributed by atoms with Gasteiger partial charge in [0.1, 0.15) is 5.75 Å². The average Bonchev–Trinajstić information content (AvgIpc) is 2.25. The van der Waals surface area contributed by atoms with Crippen LogP contribution in [0, 0.1) is 6.92 Å². The third-order valence-corrected chi connectivity index (χ3v) is 2.71. The fraction of sp³-hybridized carbons (Fsp3) is 0.500. The first-order valence-corrected chi connectivity index (χ1v) is 5.95. The van der Waals surface area contributed by atoms with Gasteiger partial charge in [-0.05, 0) is 36.5 Å². The zero-order chi connectivity index (χ0) is 13.0. The van der Waals surface area contributed by atoms with E-state index >= 15 is 0 Å². The molecule has 0 amide bonds. The van der Waals surface area contributed by atoms with Crippen molar-refractivity contribution in [2.24, 2.45) is 0 Å². The van der Waals surface area contributed by atoms with E-state index in [4.69, 9.17) is 9.84 Å². The molecular weight excluding hydrogens is 216 g/mol. The quantitative estimate of drug-likeness (QED) is 0.852. The number of carboxylic acids is 1. The van der Waals surface area contributed by atoms with Crippen molar-refractivity contribution in [3.63, 3.8) is 0 Å². The van der Waals surface area contributed by atoms with Crippen LogP contribution in [0.5, 0.6) is 5.75 Å². The standard InChI is InChI=1S/C14H20O3/c1-5-12(14(15)16)17-13-8-10(4)6-7-11(13)9(2)3/h6-9,12H,5H2,1-4H3,(H,15,16)/t12-/m0/s1. The van der Waals surface area contributed by atoms with Crippen LogP contribution in [0.15, 0.2) is 18.2 Å². The maximum atomic E-state index is 11.0. The molecule has 0 aliphatic carbocycles. The molecule has 1 aromatic rings. The van der Waals surface area contributed by atoms with Gasteiger partial charge in [0.2, 0.25) is 0 Å². The lowest BCUT2D eigenvalue weighted by atomic mass is 10.0. The number of aryl methyl sites for hydroxylation is 1. The summed E-state index contributed by atoms with van der Waals surface area (Å²) in [6.07, 6.45) is -0.310. The highest BCUT2D eigenvalue weighted by atomic mass is 16.5. The number of carbonyl (C=O) groups is 1. The van der Waals surface area contributed by atoms with Gasteiger partial charge in [0.15, 0.2) is 6.10 Å². The monoisotopic (exact) mass is 236 g/mol. The van der Waals surface area contributed by atoms with Gasteiger partial charge < -0.3 is 9.84 Å². The summed E-state index contributed by atoms with van der Waals surface area (Å²) in [6.45, 7) is 7.92. The highest BCUT2D eigenvalue weighted by Crippen LogP contribution is 2.28. The highest BCUT2D eigenvalue weighted by Gasteiger charge is 2.19. The molecule has 94 valence electrons. The third kappa shape index (κ3) is 3.48. The van der Waals surface area contributed by atoms with E-state index in [0.29, 0.717) is 18.1 Å². The molecule has 1 N–H and O–H groups in total. The van der Waals surface area contributed by atoms with Gasteiger partial charge in [-0.15, -0.1) is 0 Å². The number of hydrogen-bond donors (Lipinski definition) is 1. The van der Waals surface area contributed by atoms with Crippen molar-refractivity contribution in [3.05, 3.63) is 29.3 Å². The van der Waals surface area contributed by atoms with Crippen molar-refractivity contribution in [2.45, 2.75) is 46.1 Å². The minimum Gasteiger partial charge on any atom is -0.479 e. The summed E-state index contributed by atoms with van der Waals surface area (Å²) in [4.78, 5) is 11.0. The van der Waals surface area contributed by atoms with Crippen LogP contribution in [0.3, 0.4) is 0 Å². The summed E-state index contributed by atoms with van der Waals surface area (Å²) in [7, 11) is 0. The predicted octanol–water partition coefficient (Wildman–Crippen LogP) is 3.36. The molecule has 1 atom stereocenters. The molecule has 0 saturated heterocycles. The van der Waals surface area contributed by atoms with Gasteiger partial charge in [0.25, 0.3) is 0 Å². The molecular formula is C14H20O3. The number of benzene rings is 1. The van der Waals surface area contributed by atoms with Crippen molar-refractivity contribution < 1.29 is 14.6 Å². The molecule has 17 heavy (non-hydrogen) atoms. The van der Waals surface area contributed by atoms with Gasteiger partial charge >= 0.3 is 5.97 Å². The van der Waals surface area contributed by atoms with Crippen LogP contribution in [0.1, 0.15) is 44.2 Å². The molecule has 0 radical (unpaired) electrons. The smallest absolute Gasteiger partial charge is 0.344 e. The molecule has 0 fully saturated rings. The molecule has 0 heterocycles. The second-order valence-corrected chi connectivity index (χ2v) is 4.55. The largest absolute Gasteiger partial charge is 0.479 e. The van der Waals surface area contributed by atoms with Gasteiger partial charge in [-0.25, -0.2) is 4.79 Å². The van der Waals surface area contributed by atoms with Crippen molar-refractivity contribution >= 4 is 5.97 Å². The minimum atomic E-state index is -0.913. The van der Waals surface area contributed by atoms with Crippen LogP contribution in [0.4, 0.5) is 0 Å². The van der Waals surface area contributed by atoms with E-state index in [0.717, 1.165) is 11.1 Å². The van der Waals surface area contributed by atoms with Gasteiger partial charge in [-0.3, -0.25) is 0 Å². The Balaban J connectivity index is 3.02. The molecule has 0 bridgehead atoms.